The van der Waals surface area contributed by atoms with E-state index in [0.29, 0.717) is 6.54 Å². The minimum Gasteiger partial charge on any atom is -0.260 e. The van der Waals surface area contributed by atoms with Crippen LogP contribution in [0.2, 0.25) is 0 Å². The van der Waals surface area contributed by atoms with Crippen LogP contribution in [0.15, 0.2) is 41.5 Å². The third-order valence-corrected chi connectivity index (χ3v) is 2.13. The Labute approximate surface area is 93.6 Å². The van der Waals surface area contributed by atoms with Gasteiger partial charge in [0.05, 0.1) is 11.9 Å². The molecule has 1 aliphatic rings. The highest BCUT2D eigenvalue weighted by molar-refractivity contribution is 5.86. The zero-order valence-corrected chi connectivity index (χ0v) is 8.89. The zero-order chi connectivity index (χ0) is 11.4. The summed E-state index contributed by atoms with van der Waals surface area (Å²) in [5.74, 6) is -0.576. The summed E-state index contributed by atoms with van der Waals surface area (Å²) in [5, 5.41) is 6.83. The molecule has 1 N–H and O–H groups in total. The van der Waals surface area contributed by atoms with Gasteiger partial charge in [-0.1, -0.05) is 18.2 Å². The first-order valence-corrected chi connectivity index (χ1v) is 5.02. The number of para-hydroxylation sites is 1. The highest BCUT2D eigenvalue weighted by Gasteiger charge is 2.14. The van der Waals surface area contributed by atoms with Gasteiger partial charge in [-0.25, -0.2) is 0 Å². The topological polar surface area (TPSA) is 30.9 Å². The highest BCUT2D eigenvalue weighted by Crippen LogP contribution is 2.15. The molecule has 1 heterocycles. The van der Waals surface area contributed by atoms with E-state index < -0.39 is 5.97 Å². The standard InChI is InChI=1S/C11H12FN4/c1-2-15(10-6-4-3-5-7-10)16-13-9-8-11(12)14-16/h3-8,13H,2H2,1H3. The molecule has 0 bridgehead atoms. The van der Waals surface area contributed by atoms with E-state index in [1.807, 2.05) is 37.3 Å². The number of hydrogen-bond acceptors (Lipinski definition) is 4. The van der Waals surface area contributed by atoms with Crippen LogP contribution in [0.4, 0.5) is 10.1 Å². The van der Waals surface area contributed by atoms with Crippen LogP contribution in [0.3, 0.4) is 0 Å². The number of nitrogens with one attached hydrogen (secondary N) is 1. The molecule has 1 aromatic carbocycles. The van der Waals surface area contributed by atoms with Crippen molar-refractivity contribution in [1.29, 1.82) is 0 Å². The van der Waals surface area contributed by atoms with Gasteiger partial charge in [0.1, 0.15) is 0 Å². The fourth-order valence-electron chi connectivity index (χ4n) is 1.43. The molecule has 0 spiro atoms. The number of anilines is 1. The molecule has 0 atom stereocenters. The van der Waals surface area contributed by atoms with Crippen LogP contribution in [0.25, 0.3) is 0 Å². The van der Waals surface area contributed by atoms with E-state index in [0.717, 1.165) is 11.8 Å². The molecule has 0 aliphatic carbocycles. The lowest BCUT2D eigenvalue weighted by molar-refractivity contribution is 0.198. The summed E-state index contributed by atoms with van der Waals surface area (Å²) in [6.45, 7) is 2.62. The molecule has 2 rings (SSSR count). The Kier molecular flexibility index (Phi) is 3.05. The van der Waals surface area contributed by atoms with Gasteiger partial charge in [-0.05, 0) is 19.1 Å². The number of benzene rings is 1. The van der Waals surface area contributed by atoms with Crippen molar-refractivity contribution < 1.29 is 4.39 Å². The van der Waals surface area contributed by atoms with Crippen LogP contribution in [0.5, 0.6) is 0 Å². The van der Waals surface area contributed by atoms with E-state index in [-0.39, 0.29) is 0 Å². The van der Waals surface area contributed by atoms with Gasteiger partial charge in [-0.2, -0.15) is 4.39 Å². The first-order valence-electron chi connectivity index (χ1n) is 5.02. The minimum absolute atomic E-state index is 0.576. The Bertz CT molecular complexity index is 402. The molecule has 0 aromatic heterocycles. The molecule has 5 heteroatoms. The number of hydrazine groups is 2. The van der Waals surface area contributed by atoms with E-state index in [1.165, 1.54) is 5.23 Å². The van der Waals surface area contributed by atoms with Crippen LogP contribution >= 0.6 is 0 Å². The van der Waals surface area contributed by atoms with Gasteiger partial charge in [0.15, 0.2) is 0 Å². The van der Waals surface area contributed by atoms with E-state index in [1.54, 1.807) is 5.01 Å². The second-order valence-electron chi connectivity index (χ2n) is 3.16. The van der Waals surface area contributed by atoms with Gasteiger partial charge >= 0.3 is 0 Å². The van der Waals surface area contributed by atoms with Crippen LogP contribution in [0, 0.1) is 6.20 Å². The Hall–Kier alpha value is -2.04. The summed E-state index contributed by atoms with van der Waals surface area (Å²) in [6, 6.07) is 9.62. The van der Waals surface area contributed by atoms with Gasteiger partial charge in [0.2, 0.25) is 5.97 Å². The van der Waals surface area contributed by atoms with Crippen LogP contribution in [-0.2, 0) is 0 Å². The van der Waals surface area contributed by atoms with Gasteiger partial charge in [-0.15, -0.1) is 10.3 Å². The average molecular weight is 219 g/mol. The Morgan fingerprint density at radius 3 is 2.81 bits per heavy atom. The molecule has 0 amide bonds. The Balaban J connectivity index is 2.21. The average Bonchev–Trinajstić information content (AvgIpc) is 2.31. The van der Waals surface area contributed by atoms with E-state index in [9.17, 15) is 4.39 Å². The lowest BCUT2D eigenvalue weighted by Crippen LogP contribution is -2.47. The first-order chi connectivity index (χ1) is 7.81. The van der Waals surface area contributed by atoms with Crippen molar-refractivity contribution in [3.8, 4) is 0 Å². The van der Waals surface area contributed by atoms with E-state index >= 15 is 0 Å². The lowest BCUT2D eigenvalue weighted by atomic mass is 10.3. The van der Waals surface area contributed by atoms with Crippen molar-refractivity contribution in [2.24, 2.45) is 5.10 Å². The van der Waals surface area contributed by atoms with Crippen LogP contribution in [-0.4, -0.2) is 17.7 Å². The van der Waals surface area contributed by atoms with Gasteiger partial charge < -0.3 is 0 Å². The molecule has 1 aliphatic heterocycles. The molecule has 0 saturated carbocycles. The van der Waals surface area contributed by atoms with E-state index in [4.69, 9.17) is 0 Å². The van der Waals surface area contributed by atoms with Crippen LogP contribution < -0.4 is 10.4 Å². The zero-order valence-electron chi connectivity index (χ0n) is 8.89. The third kappa shape index (κ3) is 2.13. The predicted molar refractivity (Wildman–Crippen MR) is 60.8 cm³/mol. The Morgan fingerprint density at radius 1 is 1.44 bits per heavy atom. The van der Waals surface area contributed by atoms with Crippen molar-refractivity contribution in [2.45, 2.75) is 6.92 Å². The van der Waals surface area contributed by atoms with Crippen molar-refractivity contribution in [3.05, 3.63) is 42.6 Å². The molecule has 4 nitrogen and oxygen atoms in total. The summed E-state index contributed by atoms with van der Waals surface area (Å²) in [4.78, 5) is 0. The third-order valence-electron chi connectivity index (χ3n) is 2.13. The Morgan fingerprint density at radius 2 is 2.19 bits per heavy atom. The van der Waals surface area contributed by atoms with Gasteiger partial charge in [0.25, 0.3) is 0 Å². The number of halogens is 1. The van der Waals surface area contributed by atoms with E-state index in [2.05, 4.69) is 16.7 Å². The van der Waals surface area contributed by atoms with Gasteiger partial charge in [0, 0.05) is 12.6 Å². The maximum atomic E-state index is 13.0. The smallest absolute Gasteiger partial charge is 0.237 e. The molecule has 0 saturated heterocycles. The summed E-state index contributed by atoms with van der Waals surface area (Å²) in [6.07, 6.45) is 3.72. The van der Waals surface area contributed by atoms with Crippen molar-refractivity contribution >= 4 is 11.7 Å². The molecule has 0 unspecified atom stereocenters. The number of rotatable bonds is 3. The molecule has 1 radical (unpaired) electrons. The summed E-state index contributed by atoms with van der Waals surface area (Å²) >= 11 is 0. The SMILES string of the molecule is CCN(c1ccccc1)N1N=C(F)C=[C]N1. The predicted octanol–water partition coefficient (Wildman–Crippen LogP) is 1.85. The summed E-state index contributed by atoms with van der Waals surface area (Å²) in [7, 11) is 0. The molecule has 0 fully saturated rings. The number of hydrogen-bond donors (Lipinski definition) is 1. The fraction of sp³-hybridized carbons (Fsp3) is 0.182. The monoisotopic (exact) mass is 219 g/mol. The summed E-state index contributed by atoms with van der Waals surface area (Å²) < 4.78 is 13.0. The molecular formula is C11H12FN4. The maximum Gasteiger partial charge on any atom is 0.237 e. The minimum atomic E-state index is -0.576. The molecule has 1 aromatic rings. The molecule has 83 valence electrons. The second-order valence-corrected chi connectivity index (χ2v) is 3.16. The van der Waals surface area contributed by atoms with Crippen LogP contribution in [0.1, 0.15) is 6.92 Å². The largest absolute Gasteiger partial charge is 0.260 e. The number of allylic oxidation sites excluding steroid dienone is 1. The maximum absolute atomic E-state index is 13.0. The number of hydrazone groups is 1. The second kappa shape index (κ2) is 4.65. The first kappa shape index (κ1) is 10.5. The fourth-order valence-corrected chi connectivity index (χ4v) is 1.43. The van der Waals surface area contributed by atoms with Gasteiger partial charge in [-0.3, -0.25) is 10.4 Å². The van der Waals surface area contributed by atoms with Crippen molar-refractivity contribution in [1.82, 2.24) is 10.7 Å². The lowest BCUT2D eigenvalue weighted by Gasteiger charge is -2.33. The van der Waals surface area contributed by atoms with Crippen molar-refractivity contribution in [2.75, 3.05) is 11.6 Å². The summed E-state index contributed by atoms with van der Waals surface area (Å²) in [5.41, 5.74) is 3.65. The number of nitrogens with zero attached hydrogens (tertiary/aromatic N) is 3. The highest BCUT2D eigenvalue weighted by atomic mass is 19.1. The molecule has 16 heavy (non-hydrogen) atoms. The van der Waals surface area contributed by atoms with Crippen molar-refractivity contribution in [3.63, 3.8) is 0 Å². The molecular weight excluding hydrogens is 207 g/mol. The quantitative estimate of drug-likeness (QED) is 0.841. The normalized spacial score (nSPS) is 14.4.